The van der Waals surface area contributed by atoms with E-state index in [0.29, 0.717) is 19.3 Å². The Morgan fingerprint density at radius 3 is 1.13 bits per heavy atom. The second kappa shape index (κ2) is 49.5. The molecule has 0 fully saturated rings. The molecule has 0 aromatic rings. The van der Waals surface area contributed by atoms with Crippen molar-refractivity contribution in [3.63, 3.8) is 0 Å². The molecule has 0 saturated carbocycles. The summed E-state index contributed by atoms with van der Waals surface area (Å²) in [5.74, 6) is -0.988. The Balaban J connectivity index is 4.39. The minimum atomic E-state index is -0.812. The fraction of sp³-hybridized carbons (Fsp3) is 0.727. The van der Waals surface area contributed by atoms with E-state index in [0.717, 1.165) is 64.2 Å². The van der Waals surface area contributed by atoms with Crippen LogP contribution >= 0.6 is 0 Å². The number of allylic oxidation sites excluding steroid dienone is 12. The predicted molar refractivity (Wildman–Crippen MR) is 261 cm³/mol. The van der Waals surface area contributed by atoms with Crippen LogP contribution in [-0.2, 0) is 28.6 Å². The molecule has 0 aromatic heterocycles. The maximum Gasteiger partial charge on any atom is 0.306 e. The topological polar surface area (TPSA) is 78.9 Å². The second-order valence-electron chi connectivity index (χ2n) is 16.8. The van der Waals surface area contributed by atoms with Crippen molar-refractivity contribution in [2.45, 2.75) is 245 Å². The number of hydrogen-bond acceptors (Lipinski definition) is 6. The number of carbonyl (C=O) groups is 3. The molecule has 1 atom stereocenters. The van der Waals surface area contributed by atoms with Gasteiger partial charge < -0.3 is 14.2 Å². The molecule has 1 unspecified atom stereocenters. The molecule has 0 radical (unpaired) electrons. The van der Waals surface area contributed by atoms with E-state index in [1.807, 2.05) is 54.7 Å². The Morgan fingerprint density at radius 2 is 0.689 bits per heavy atom. The summed E-state index contributed by atoms with van der Waals surface area (Å²) in [6.07, 6.45) is 61.9. The molecular weight excluding hydrogens is 757 g/mol. The van der Waals surface area contributed by atoms with Gasteiger partial charge in [0.25, 0.3) is 0 Å². The molecule has 0 N–H and O–H groups in total. The van der Waals surface area contributed by atoms with E-state index >= 15 is 0 Å². The highest BCUT2D eigenvalue weighted by Crippen LogP contribution is 2.16. The normalized spacial score (nSPS) is 12.6. The van der Waals surface area contributed by atoms with E-state index in [4.69, 9.17) is 14.2 Å². The van der Waals surface area contributed by atoms with Crippen LogP contribution in [0.3, 0.4) is 0 Å². The van der Waals surface area contributed by atoms with Crippen molar-refractivity contribution in [1.82, 2.24) is 0 Å². The number of unbranched alkanes of at least 4 members (excludes halogenated alkanes) is 26. The standard InChI is InChI=1S/C55H94O6/c1-4-7-10-13-16-19-22-24-25-26-27-28-29-31-33-36-39-42-45-48-54(57)60-51-52(50-59-53(56)47-44-41-38-35-32-21-18-15-12-9-6-3)61-55(58)49-46-43-40-37-34-30-23-20-17-14-11-8-5-2/h8,11,14-15,17-18,20,23,30,34,37,40,52H,4-7,9-10,12-13,16,19,21-22,24-29,31-33,35-36,38-39,41-51H2,1-3H3/b11-8-,17-14-,18-15-,23-20-,34-30-,40-37-. The highest BCUT2D eigenvalue weighted by atomic mass is 16.6. The lowest BCUT2D eigenvalue weighted by molar-refractivity contribution is -0.167. The van der Waals surface area contributed by atoms with Gasteiger partial charge in [-0.3, -0.25) is 14.4 Å². The SMILES string of the molecule is CC\C=C/C=C\C=C/C=C\C=C/CCCC(=O)OC(COC(=O)CCCCCCC/C=C\CCCC)COC(=O)CCCCCCCCCCCCCCCCCCCCC. The maximum atomic E-state index is 12.7. The third-order valence-electron chi connectivity index (χ3n) is 10.8. The van der Waals surface area contributed by atoms with Crippen LogP contribution in [0.25, 0.3) is 0 Å². The van der Waals surface area contributed by atoms with Crippen LogP contribution in [0.1, 0.15) is 239 Å². The summed E-state index contributed by atoms with van der Waals surface area (Å²) in [5, 5.41) is 0. The van der Waals surface area contributed by atoms with Crippen molar-refractivity contribution in [3.05, 3.63) is 72.9 Å². The highest BCUT2D eigenvalue weighted by molar-refractivity contribution is 5.71. The van der Waals surface area contributed by atoms with Gasteiger partial charge in [0.05, 0.1) is 0 Å². The summed E-state index contributed by atoms with van der Waals surface area (Å²) in [4.78, 5) is 37.9. The summed E-state index contributed by atoms with van der Waals surface area (Å²) in [5.41, 5.74) is 0. The lowest BCUT2D eigenvalue weighted by atomic mass is 10.0. The van der Waals surface area contributed by atoms with Crippen molar-refractivity contribution in [2.75, 3.05) is 13.2 Å². The average Bonchev–Trinajstić information content (AvgIpc) is 3.26. The smallest absolute Gasteiger partial charge is 0.306 e. The number of ether oxygens (including phenoxy) is 3. The fourth-order valence-electron chi connectivity index (χ4n) is 6.98. The third kappa shape index (κ3) is 47.7. The molecule has 0 aliphatic carbocycles. The monoisotopic (exact) mass is 851 g/mol. The van der Waals surface area contributed by atoms with Gasteiger partial charge in [-0.25, -0.2) is 0 Å². The van der Waals surface area contributed by atoms with Crippen LogP contribution in [0, 0.1) is 0 Å². The van der Waals surface area contributed by atoms with E-state index < -0.39 is 6.10 Å². The van der Waals surface area contributed by atoms with Crippen molar-refractivity contribution in [1.29, 1.82) is 0 Å². The summed E-state index contributed by atoms with van der Waals surface area (Å²) in [6.45, 7) is 6.39. The lowest BCUT2D eigenvalue weighted by Gasteiger charge is -2.18. The Hall–Kier alpha value is -3.15. The molecule has 6 nitrogen and oxygen atoms in total. The maximum absolute atomic E-state index is 12.7. The molecule has 0 aliphatic heterocycles. The zero-order valence-electron chi connectivity index (χ0n) is 39.9. The highest BCUT2D eigenvalue weighted by Gasteiger charge is 2.19. The van der Waals surface area contributed by atoms with E-state index in [1.165, 1.54) is 128 Å². The molecule has 6 heteroatoms. The second-order valence-corrected chi connectivity index (χ2v) is 16.8. The summed E-state index contributed by atoms with van der Waals surface area (Å²) < 4.78 is 16.7. The van der Waals surface area contributed by atoms with Gasteiger partial charge in [0.1, 0.15) is 13.2 Å². The molecule has 0 rings (SSSR count). The van der Waals surface area contributed by atoms with Crippen LogP contribution in [0.4, 0.5) is 0 Å². The van der Waals surface area contributed by atoms with Crippen LogP contribution in [0.2, 0.25) is 0 Å². The molecule has 0 bridgehead atoms. The van der Waals surface area contributed by atoms with Gasteiger partial charge in [-0.15, -0.1) is 0 Å². The van der Waals surface area contributed by atoms with Crippen molar-refractivity contribution >= 4 is 17.9 Å². The van der Waals surface area contributed by atoms with Gasteiger partial charge in [0, 0.05) is 19.3 Å². The Kier molecular flexibility index (Phi) is 46.9. The summed E-state index contributed by atoms with van der Waals surface area (Å²) in [6, 6.07) is 0. The minimum absolute atomic E-state index is 0.105. The van der Waals surface area contributed by atoms with Crippen LogP contribution in [0.5, 0.6) is 0 Å². The van der Waals surface area contributed by atoms with Gasteiger partial charge in [-0.2, -0.15) is 0 Å². The molecule has 350 valence electrons. The van der Waals surface area contributed by atoms with Gasteiger partial charge >= 0.3 is 17.9 Å². The van der Waals surface area contributed by atoms with Crippen molar-refractivity contribution < 1.29 is 28.6 Å². The molecule has 0 amide bonds. The molecular formula is C55H94O6. The molecule has 0 aliphatic rings. The van der Waals surface area contributed by atoms with Crippen molar-refractivity contribution in [2.24, 2.45) is 0 Å². The first-order valence-electron chi connectivity index (χ1n) is 25.5. The fourth-order valence-corrected chi connectivity index (χ4v) is 6.98. The van der Waals surface area contributed by atoms with Gasteiger partial charge in [-0.05, 0) is 51.4 Å². The first kappa shape index (κ1) is 57.9. The zero-order valence-corrected chi connectivity index (χ0v) is 39.9. The van der Waals surface area contributed by atoms with Gasteiger partial charge in [-0.1, -0.05) is 241 Å². The number of carbonyl (C=O) groups excluding carboxylic acids is 3. The largest absolute Gasteiger partial charge is 0.462 e. The lowest BCUT2D eigenvalue weighted by Crippen LogP contribution is -2.30. The van der Waals surface area contributed by atoms with Crippen LogP contribution < -0.4 is 0 Å². The molecule has 0 spiro atoms. The predicted octanol–water partition coefficient (Wildman–Crippen LogP) is 16.6. The third-order valence-corrected chi connectivity index (χ3v) is 10.8. The average molecular weight is 851 g/mol. The summed E-state index contributed by atoms with van der Waals surface area (Å²) in [7, 11) is 0. The van der Waals surface area contributed by atoms with Crippen LogP contribution in [-0.4, -0.2) is 37.2 Å². The number of hydrogen-bond donors (Lipinski definition) is 0. The van der Waals surface area contributed by atoms with Crippen molar-refractivity contribution in [3.8, 4) is 0 Å². The molecule has 0 heterocycles. The Labute approximate surface area is 376 Å². The summed E-state index contributed by atoms with van der Waals surface area (Å²) >= 11 is 0. The Morgan fingerprint density at radius 1 is 0.344 bits per heavy atom. The first-order chi connectivity index (χ1) is 30.0. The van der Waals surface area contributed by atoms with Gasteiger partial charge in [0.15, 0.2) is 6.10 Å². The van der Waals surface area contributed by atoms with Gasteiger partial charge in [0.2, 0.25) is 0 Å². The van der Waals surface area contributed by atoms with Crippen LogP contribution in [0.15, 0.2) is 72.9 Å². The number of rotatable bonds is 45. The van der Waals surface area contributed by atoms with E-state index in [2.05, 4.69) is 39.0 Å². The first-order valence-corrected chi connectivity index (χ1v) is 25.5. The van der Waals surface area contributed by atoms with E-state index in [1.54, 1.807) is 0 Å². The molecule has 0 saturated heterocycles. The number of esters is 3. The zero-order chi connectivity index (χ0) is 44.4. The Bertz CT molecular complexity index is 1160. The molecule has 61 heavy (non-hydrogen) atoms. The quantitative estimate of drug-likeness (QED) is 0.0200. The molecule has 0 aromatic carbocycles. The minimum Gasteiger partial charge on any atom is -0.462 e. The van der Waals surface area contributed by atoms with E-state index in [9.17, 15) is 14.4 Å². The van der Waals surface area contributed by atoms with E-state index in [-0.39, 0.29) is 37.5 Å².